The second-order valence-corrected chi connectivity index (χ2v) is 6.09. The number of ether oxygens (including phenoxy) is 1. The third-order valence-electron chi connectivity index (χ3n) is 4.49. The molecule has 1 fully saturated rings. The van der Waals surface area contributed by atoms with Crippen LogP contribution in [0, 0.1) is 6.92 Å². The lowest BCUT2D eigenvalue weighted by molar-refractivity contribution is 0.0727. The van der Waals surface area contributed by atoms with Gasteiger partial charge in [-0.2, -0.15) is 0 Å². The van der Waals surface area contributed by atoms with Gasteiger partial charge < -0.3 is 19.9 Å². The number of carbonyl (C=O) groups is 2. The van der Waals surface area contributed by atoms with Crippen LogP contribution in [-0.2, 0) is 17.7 Å². The molecule has 7 heteroatoms. The Labute approximate surface area is 133 Å². The van der Waals surface area contributed by atoms with E-state index < -0.39 is 6.09 Å². The Bertz CT molecular complexity index is 676. The van der Waals surface area contributed by atoms with Crippen molar-refractivity contribution in [3.8, 4) is 0 Å². The van der Waals surface area contributed by atoms with E-state index in [1.54, 1.807) is 6.20 Å². The van der Waals surface area contributed by atoms with E-state index in [4.69, 9.17) is 5.73 Å². The van der Waals surface area contributed by atoms with Gasteiger partial charge in [0.15, 0.2) is 0 Å². The summed E-state index contributed by atoms with van der Waals surface area (Å²) in [6.45, 7) is 2.69. The molecule has 2 N–H and O–H groups in total. The highest BCUT2D eigenvalue weighted by Crippen LogP contribution is 2.33. The van der Waals surface area contributed by atoms with E-state index in [1.807, 2.05) is 16.4 Å². The molecule has 0 saturated heterocycles. The predicted octanol–water partition coefficient (Wildman–Crippen LogP) is 1.91. The third kappa shape index (κ3) is 3.09. The highest BCUT2D eigenvalue weighted by atomic mass is 19.1. The molecule has 2 aliphatic rings. The van der Waals surface area contributed by atoms with Crippen LogP contribution in [0.25, 0.3) is 0 Å². The molecule has 1 aromatic heterocycles. The molecule has 0 bridgehead atoms. The summed E-state index contributed by atoms with van der Waals surface area (Å²) in [4.78, 5) is 25.2. The Hall–Kier alpha value is -2.31. The first-order valence-corrected chi connectivity index (χ1v) is 7.71. The molecule has 6 nitrogen and oxygen atoms in total. The van der Waals surface area contributed by atoms with Crippen LogP contribution in [0.3, 0.4) is 0 Å². The quantitative estimate of drug-likeness (QED) is 0.900. The van der Waals surface area contributed by atoms with Gasteiger partial charge in [-0.3, -0.25) is 4.79 Å². The van der Waals surface area contributed by atoms with Crippen LogP contribution < -0.4 is 5.73 Å². The maximum atomic E-state index is 13.0. The minimum absolute atomic E-state index is 0.0646. The highest BCUT2D eigenvalue weighted by Gasteiger charge is 2.37. The van der Waals surface area contributed by atoms with Gasteiger partial charge in [0.2, 0.25) is 0 Å². The van der Waals surface area contributed by atoms with Crippen LogP contribution in [-0.4, -0.2) is 40.7 Å². The van der Waals surface area contributed by atoms with E-state index in [1.165, 1.54) is 0 Å². The van der Waals surface area contributed by atoms with Gasteiger partial charge in [-0.05, 0) is 31.7 Å². The molecule has 0 unspecified atom stereocenters. The van der Waals surface area contributed by atoms with Crippen LogP contribution >= 0.6 is 0 Å². The zero-order valence-corrected chi connectivity index (χ0v) is 13.0. The number of fused-ring (bicyclic) bond motifs is 1. The van der Waals surface area contributed by atoms with E-state index in [9.17, 15) is 14.0 Å². The van der Waals surface area contributed by atoms with E-state index in [-0.39, 0.29) is 24.6 Å². The molecule has 2 heterocycles. The number of primary amides is 1. The maximum absolute atomic E-state index is 13.0. The number of amides is 2. The van der Waals surface area contributed by atoms with Crippen molar-refractivity contribution >= 4 is 12.0 Å². The number of nitrogens with two attached hydrogens (primary N) is 1. The van der Waals surface area contributed by atoms with E-state index in [0.29, 0.717) is 17.9 Å². The molecule has 1 aromatic rings. The molecule has 0 radical (unpaired) electrons. The average Bonchev–Trinajstić information content (AvgIpc) is 3.30. The number of hydrogen-bond donors (Lipinski definition) is 1. The number of carbonyl (C=O) groups excluding carboxylic acids is 2. The zero-order chi connectivity index (χ0) is 16.6. The molecule has 0 spiro atoms. The summed E-state index contributed by atoms with van der Waals surface area (Å²) in [5, 5.41) is 0. The zero-order valence-electron chi connectivity index (χ0n) is 13.0. The second-order valence-electron chi connectivity index (χ2n) is 6.09. The van der Waals surface area contributed by atoms with Crippen LogP contribution in [0.5, 0.6) is 0 Å². The van der Waals surface area contributed by atoms with Crippen molar-refractivity contribution in [2.75, 3.05) is 13.2 Å². The van der Waals surface area contributed by atoms with E-state index >= 15 is 0 Å². The van der Waals surface area contributed by atoms with Crippen molar-refractivity contribution in [3.05, 3.63) is 34.9 Å². The van der Waals surface area contributed by atoms with Gasteiger partial charge in [0.1, 0.15) is 6.61 Å². The van der Waals surface area contributed by atoms with Crippen molar-refractivity contribution in [1.82, 2.24) is 9.47 Å². The van der Waals surface area contributed by atoms with Gasteiger partial charge in [-0.15, -0.1) is 0 Å². The van der Waals surface area contributed by atoms with Gasteiger partial charge in [0.25, 0.3) is 5.91 Å². The Kier molecular flexibility index (Phi) is 4.11. The Balaban J connectivity index is 1.78. The lowest BCUT2D eigenvalue weighted by atomic mass is 10.0. The van der Waals surface area contributed by atoms with E-state index in [0.717, 1.165) is 37.1 Å². The topological polar surface area (TPSA) is 77.6 Å². The smallest absolute Gasteiger partial charge is 0.404 e. The molecular formula is C16H20FN3O3. The van der Waals surface area contributed by atoms with Crippen molar-refractivity contribution in [3.63, 3.8) is 0 Å². The third-order valence-corrected chi connectivity index (χ3v) is 4.49. The first-order valence-electron chi connectivity index (χ1n) is 7.71. The molecule has 3 rings (SSSR count). The standard InChI is InChI=1S/C16H20FN3O3/c1-10-13-4-5-20(12-2-3-12)15(21)14(13)8-19(10)7-11(6-17)9-23-16(18)22/h6,8,12H,2-5,7,9H2,1H3,(H2,18,22). The van der Waals surface area contributed by atoms with Crippen molar-refractivity contribution in [1.29, 1.82) is 0 Å². The summed E-state index contributed by atoms with van der Waals surface area (Å²) < 4.78 is 19.4. The summed E-state index contributed by atoms with van der Waals surface area (Å²) in [5.41, 5.74) is 7.86. The maximum Gasteiger partial charge on any atom is 0.404 e. The summed E-state index contributed by atoms with van der Waals surface area (Å²) >= 11 is 0. The molecule has 0 atom stereocenters. The molecule has 1 aliphatic heterocycles. The first kappa shape index (κ1) is 15.6. The molecular weight excluding hydrogens is 301 g/mol. The fourth-order valence-electron chi connectivity index (χ4n) is 3.08. The molecule has 0 aromatic carbocycles. The number of halogens is 1. The second kappa shape index (κ2) is 6.06. The summed E-state index contributed by atoms with van der Waals surface area (Å²) in [7, 11) is 0. The molecule has 1 saturated carbocycles. The van der Waals surface area contributed by atoms with Gasteiger partial charge in [-0.25, -0.2) is 9.18 Å². The Morgan fingerprint density at radius 2 is 2.26 bits per heavy atom. The average molecular weight is 321 g/mol. The highest BCUT2D eigenvalue weighted by molar-refractivity contribution is 5.97. The van der Waals surface area contributed by atoms with Crippen molar-refractivity contribution < 1.29 is 18.7 Å². The van der Waals surface area contributed by atoms with Crippen LogP contribution in [0.15, 0.2) is 18.1 Å². The Morgan fingerprint density at radius 3 is 2.87 bits per heavy atom. The van der Waals surface area contributed by atoms with Crippen LogP contribution in [0.4, 0.5) is 9.18 Å². The van der Waals surface area contributed by atoms with E-state index in [2.05, 4.69) is 4.74 Å². The number of aromatic nitrogens is 1. The predicted molar refractivity (Wildman–Crippen MR) is 81.7 cm³/mol. The molecule has 2 amide bonds. The first-order chi connectivity index (χ1) is 11.0. The summed E-state index contributed by atoms with van der Waals surface area (Å²) in [5.74, 6) is 0.0646. The fraction of sp³-hybridized carbons (Fsp3) is 0.500. The fourth-order valence-corrected chi connectivity index (χ4v) is 3.08. The summed E-state index contributed by atoms with van der Waals surface area (Å²) in [6, 6.07) is 0.393. The van der Waals surface area contributed by atoms with Gasteiger partial charge >= 0.3 is 6.09 Å². The van der Waals surface area contributed by atoms with Crippen molar-refractivity contribution in [2.45, 2.75) is 38.8 Å². The molecule has 1 aliphatic carbocycles. The number of hydrogen-bond acceptors (Lipinski definition) is 3. The molecule has 23 heavy (non-hydrogen) atoms. The van der Waals surface area contributed by atoms with Crippen LogP contribution in [0.1, 0.15) is 34.5 Å². The largest absolute Gasteiger partial charge is 0.445 e. The van der Waals surface area contributed by atoms with Crippen molar-refractivity contribution in [2.24, 2.45) is 5.73 Å². The minimum atomic E-state index is -0.942. The summed E-state index contributed by atoms with van der Waals surface area (Å²) in [6.07, 6.45) is 4.24. The number of rotatable bonds is 5. The Morgan fingerprint density at radius 1 is 1.52 bits per heavy atom. The molecule has 124 valence electrons. The van der Waals surface area contributed by atoms with Gasteiger partial charge in [-0.1, -0.05) is 0 Å². The van der Waals surface area contributed by atoms with Gasteiger partial charge in [0.05, 0.1) is 11.9 Å². The SMILES string of the molecule is Cc1c2c(cn1CC(=CF)COC(N)=O)C(=O)N(C1CC1)CC2. The monoisotopic (exact) mass is 321 g/mol. The lowest BCUT2D eigenvalue weighted by Gasteiger charge is -2.27. The van der Waals surface area contributed by atoms with Crippen LogP contribution in [0.2, 0.25) is 0 Å². The van der Waals surface area contributed by atoms with Gasteiger partial charge in [0, 0.05) is 36.6 Å². The lowest BCUT2D eigenvalue weighted by Crippen LogP contribution is -2.38. The normalized spacial score (nSPS) is 18.1. The minimum Gasteiger partial charge on any atom is -0.445 e. The number of nitrogens with zero attached hydrogens (tertiary/aromatic N) is 2.